The van der Waals surface area contributed by atoms with Gasteiger partial charge in [-0.15, -0.1) is 0 Å². The number of phenols is 1. The number of halogens is 3. The molecule has 1 amide bonds. The first-order valence-electron chi connectivity index (χ1n) is 5.64. The molecule has 0 aromatic heterocycles. The zero-order valence-corrected chi connectivity index (χ0v) is 12.0. The normalized spacial score (nSPS) is 10.4. The van der Waals surface area contributed by atoms with Gasteiger partial charge in [0.1, 0.15) is 17.4 Å². The summed E-state index contributed by atoms with van der Waals surface area (Å²) in [6, 6.07) is 6.04. The predicted octanol–water partition coefficient (Wildman–Crippen LogP) is 3.99. The molecule has 2 aromatic carbocycles. The number of rotatable bonds is 2. The molecular weight excluding hydrogens is 332 g/mol. The molecule has 6 heteroatoms. The molecule has 104 valence electrons. The van der Waals surface area contributed by atoms with Crippen LogP contribution in [0.4, 0.5) is 14.5 Å². The summed E-state index contributed by atoms with van der Waals surface area (Å²) in [5, 5.41) is 11.7. The number of aryl methyl sites for hydroxylation is 1. The molecule has 0 aliphatic carbocycles. The molecular formula is C14H10BrF2NO2. The van der Waals surface area contributed by atoms with E-state index >= 15 is 0 Å². The van der Waals surface area contributed by atoms with Gasteiger partial charge in [-0.1, -0.05) is 0 Å². The van der Waals surface area contributed by atoms with Crippen molar-refractivity contribution in [3.63, 3.8) is 0 Å². The van der Waals surface area contributed by atoms with Crippen LogP contribution in [0.1, 0.15) is 15.9 Å². The summed E-state index contributed by atoms with van der Waals surface area (Å²) >= 11 is 2.85. The van der Waals surface area contributed by atoms with Crippen molar-refractivity contribution < 1.29 is 18.7 Å². The lowest BCUT2D eigenvalue weighted by Crippen LogP contribution is -2.13. The first-order chi connectivity index (χ1) is 9.38. The summed E-state index contributed by atoms with van der Waals surface area (Å²) in [5.41, 5.74) is 0.504. The molecule has 0 radical (unpaired) electrons. The van der Waals surface area contributed by atoms with Crippen LogP contribution in [0, 0.1) is 18.6 Å². The number of anilines is 1. The summed E-state index contributed by atoms with van der Waals surface area (Å²) in [6.07, 6.45) is 0. The van der Waals surface area contributed by atoms with Crippen LogP contribution in [0.25, 0.3) is 0 Å². The Bertz CT molecular complexity index is 689. The number of aromatic hydroxyl groups is 1. The van der Waals surface area contributed by atoms with Crippen LogP contribution in [-0.2, 0) is 0 Å². The molecule has 2 N–H and O–H groups in total. The van der Waals surface area contributed by atoms with E-state index in [0.717, 1.165) is 12.1 Å². The van der Waals surface area contributed by atoms with Gasteiger partial charge in [0.25, 0.3) is 5.91 Å². The topological polar surface area (TPSA) is 49.3 Å². The summed E-state index contributed by atoms with van der Waals surface area (Å²) in [4.78, 5) is 11.9. The number of carbonyl (C=O) groups is 1. The van der Waals surface area contributed by atoms with E-state index in [9.17, 15) is 18.7 Å². The standard InChI is InChI=1S/C14H10BrF2NO2/c1-7-4-8(2-3-13(7)19)14(20)18-12-6-10(16)9(15)5-11(12)17/h2-6,19H,1H3,(H,18,20). The minimum Gasteiger partial charge on any atom is -0.508 e. The van der Waals surface area contributed by atoms with Gasteiger partial charge in [0, 0.05) is 11.6 Å². The summed E-state index contributed by atoms with van der Waals surface area (Å²) in [5.74, 6) is -1.96. The Kier molecular flexibility index (Phi) is 4.04. The molecule has 2 rings (SSSR count). The van der Waals surface area contributed by atoms with Gasteiger partial charge in [-0.05, 0) is 52.7 Å². The maximum Gasteiger partial charge on any atom is 0.255 e. The highest BCUT2D eigenvalue weighted by atomic mass is 79.9. The fourth-order valence-corrected chi connectivity index (χ4v) is 1.92. The molecule has 2 aromatic rings. The Morgan fingerprint density at radius 3 is 2.55 bits per heavy atom. The summed E-state index contributed by atoms with van der Waals surface area (Å²) < 4.78 is 26.9. The third-order valence-electron chi connectivity index (χ3n) is 2.72. The molecule has 0 heterocycles. The minimum atomic E-state index is -0.748. The lowest BCUT2D eigenvalue weighted by atomic mass is 10.1. The molecule has 20 heavy (non-hydrogen) atoms. The Morgan fingerprint density at radius 2 is 1.90 bits per heavy atom. The maximum atomic E-state index is 13.6. The molecule has 3 nitrogen and oxygen atoms in total. The van der Waals surface area contributed by atoms with Crippen molar-refractivity contribution in [3.8, 4) is 5.75 Å². The third kappa shape index (κ3) is 2.96. The second kappa shape index (κ2) is 5.58. The van der Waals surface area contributed by atoms with Crippen molar-refractivity contribution in [2.75, 3.05) is 5.32 Å². The number of amides is 1. The first-order valence-corrected chi connectivity index (χ1v) is 6.43. The van der Waals surface area contributed by atoms with Crippen LogP contribution in [-0.4, -0.2) is 11.0 Å². The van der Waals surface area contributed by atoms with E-state index in [-0.39, 0.29) is 21.5 Å². The zero-order valence-electron chi connectivity index (χ0n) is 10.4. The number of benzene rings is 2. The van der Waals surface area contributed by atoms with Crippen molar-refractivity contribution in [2.45, 2.75) is 6.92 Å². The van der Waals surface area contributed by atoms with Crippen LogP contribution >= 0.6 is 15.9 Å². The molecule has 0 saturated carbocycles. The smallest absolute Gasteiger partial charge is 0.255 e. The Hall–Kier alpha value is -1.95. The summed E-state index contributed by atoms with van der Waals surface area (Å²) in [7, 11) is 0. The predicted molar refractivity (Wildman–Crippen MR) is 74.9 cm³/mol. The van der Waals surface area contributed by atoms with Crippen LogP contribution < -0.4 is 5.32 Å². The average Bonchev–Trinajstić information content (AvgIpc) is 2.39. The zero-order chi connectivity index (χ0) is 14.9. The fraction of sp³-hybridized carbons (Fsp3) is 0.0714. The minimum absolute atomic E-state index is 0.0199. The number of hydrogen-bond donors (Lipinski definition) is 2. The van der Waals surface area contributed by atoms with Crippen molar-refractivity contribution >= 4 is 27.5 Å². The van der Waals surface area contributed by atoms with Crippen molar-refractivity contribution in [3.05, 3.63) is 57.6 Å². The van der Waals surface area contributed by atoms with Crippen molar-refractivity contribution in [1.82, 2.24) is 0 Å². The third-order valence-corrected chi connectivity index (χ3v) is 3.32. The number of carbonyl (C=O) groups excluding carboxylic acids is 1. The quantitative estimate of drug-likeness (QED) is 0.811. The van der Waals surface area contributed by atoms with Crippen LogP contribution in [0.5, 0.6) is 5.75 Å². The molecule has 0 aliphatic heterocycles. The van der Waals surface area contributed by atoms with Gasteiger partial charge in [-0.3, -0.25) is 4.79 Å². The van der Waals surface area contributed by atoms with Crippen molar-refractivity contribution in [2.24, 2.45) is 0 Å². The van der Waals surface area contributed by atoms with E-state index in [1.165, 1.54) is 18.2 Å². The van der Waals surface area contributed by atoms with Crippen LogP contribution in [0.2, 0.25) is 0 Å². The lowest BCUT2D eigenvalue weighted by Gasteiger charge is -2.08. The van der Waals surface area contributed by atoms with E-state index in [4.69, 9.17) is 0 Å². The van der Waals surface area contributed by atoms with Gasteiger partial charge in [-0.25, -0.2) is 8.78 Å². The highest BCUT2D eigenvalue weighted by Gasteiger charge is 2.13. The SMILES string of the molecule is Cc1cc(C(=O)Nc2cc(F)c(Br)cc2F)ccc1O. The van der Waals surface area contributed by atoms with E-state index < -0.39 is 17.5 Å². The van der Waals surface area contributed by atoms with E-state index in [1.807, 2.05) is 0 Å². The van der Waals surface area contributed by atoms with Gasteiger partial charge in [0.15, 0.2) is 0 Å². The molecule has 0 fully saturated rings. The first kappa shape index (κ1) is 14.5. The highest BCUT2D eigenvalue weighted by molar-refractivity contribution is 9.10. The number of phenolic OH excluding ortho intramolecular Hbond substituents is 1. The number of hydrogen-bond acceptors (Lipinski definition) is 2. The van der Waals surface area contributed by atoms with Crippen molar-refractivity contribution in [1.29, 1.82) is 0 Å². The Morgan fingerprint density at radius 1 is 1.20 bits per heavy atom. The van der Waals surface area contributed by atoms with Crippen LogP contribution in [0.3, 0.4) is 0 Å². The van der Waals surface area contributed by atoms with Gasteiger partial charge in [-0.2, -0.15) is 0 Å². The van der Waals surface area contributed by atoms with Gasteiger partial charge < -0.3 is 10.4 Å². The molecule has 0 spiro atoms. The molecule has 0 atom stereocenters. The maximum absolute atomic E-state index is 13.6. The second-order valence-corrected chi connectivity index (χ2v) is 5.06. The monoisotopic (exact) mass is 341 g/mol. The van der Waals surface area contributed by atoms with E-state index in [1.54, 1.807) is 6.92 Å². The molecule has 0 aliphatic rings. The largest absolute Gasteiger partial charge is 0.508 e. The summed E-state index contributed by atoms with van der Waals surface area (Å²) in [6.45, 7) is 1.63. The van der Waals surface area contributed by atoms with Gasteiger partial charge in [0.05, 0.1) is 10.2 Å². The fourth-order valence-electron chi connectivity index (χ4n) is 1.61. The second-order valence-electron chi connectivity index (χ2n) is 4.20. The van der Waals surface area contributed by atoms with E-state index in [0.29, 0.717) is 5.56 Å². The Balaban J connectivity index is 2.27. The Labute approximate surface area is 122 Å². The van der Waals surface area contributed by atoms with Crippen LogP contribution in [0.15, 0.2) is 34.8 Å². The molecule has 0 saturated heterocycles. The number of nitrogens with one attached hydrogen (secondary N) is 1. The highest BCUT2D eigenvalue weighted by Crippen LogP contribution is 2.24. The average molecular weight is 342 g/mol. The molecule has 0 unspecified atom stereocenters. The van der Waals surface area contributed by atoms with E-state index in [2.05, 4.69) is 21.2 Å². The molecule has 0 bridgehead atoms. The van der Waals surface area contributed by atoms with Gasteiger partial charge in [0.2, 0.25) is 0 Å². The lowest BCUT2D eigenvalue weighted by molar-refractivity contribution is 0.102. The van der Waals surface area contributed by atoms with Gasteiger partial charge >= 0.3 is 0 Å².